The number of allylic oxidation sites excluding steroid dienone is 22. The number of phosphoric ester groups is 2. The molecule has 596 valence electrons. The first kappa shape index (κ1) is 99.2. The van der Waals surface area contributed by atoms with Gasteiger partial charge in [0.1, 0.15) is 19.3 Å². The lowest BCUT2D eigenvalue weighted by Crippen LogP contribution is -2.30. The Balaban J connectivity index is 5.43. The highest BCUT2D eigenvalue weighted by atomic mass is 31.2. The molecular formula is C85H144O17P2. The maximum Gasteiger partial charge on any atom is 0.472 e. The number of aliphatic hydroxyl groups is 1. The van der Waals surface area contributed by atoms with Crippen LogP contribution in [0, 0.1) is 0 Å². The first-order chi connectivity index (χ1) is 50.7. The highest BCUT2D eigenvalue weighted by molar-refractivity contribution is 7.47. The zero-order valence-electron chi connectivity index (χ0n) is 65.2. The van der Waals surface area contributed by atoms with E-state index in [1.165, 1.54) is 83.5 Å². The topological polar surface area (TPSA) is 237 Å². The van der Waals surface area contributed by atoms with Crippen LogP contribution in [0.15, 0.2) is 134 Å². The van der Waals surface area contributed by atoms with E-state index in [9.17, 15) is 43.2 Å². The lowest BCUT2D eigenvalue weighted by molar-refractivity contribution is -0.161. The van der Waals surface area contributed by atoms with Crippen LogP contribution in [-0.4, -0.2) is 96.7 Å². The summed E-state index contributed by atoms with van der Waals surface area (Å²) in [5.41, 5.74) is 0. The van der Waals surface area contributed by atoms with Crippen LogP contribution in [0.4, 0.5) is 0 Å². The fourth-order valence-corrected chi connectivity index (χ4v) is 12.1. The van der Waals surface area contributed by atoms with Crippen LogP contribution in [0.3, 0.4) is 0 Å². The molecule has 0 aliphatic rings. The third kappa shape index (κ3) is 75.4. The van der Waals surface area contributed by atoms with E-state index in [1.807, 2.05) is 0 Å². The molecule has 0 aromatic heterocycles. The van der Waals surface area contributed by atoms with Crippen LogP contribution >= 0.6 is 15.6 Å². The van der Waals surface area contributed by atoms with Gasteiger partial charge >= 0.3 is 39.5 Å². The van der Waals surface area contributed by atoms with Crippen LogP contribution in [0.25, 0.3) is 0 Å². The van der Waals surface area contributed by atoms with Gasteiger partial charge in [0.25, 0.3) is 0 Å². The molecule has 0 amide bonds. The summed E-state index contributed by atoms with van der Waals surface area (Å²) in [6, 6.07) is 0. The second-order valence-corrected chi connectivity index (χ2v) is 29.5. The van der Waals surface area contributed by atoms with Crippen molar-refractivity contribution in [3.8, 4) is 0 Å². The van der Waals surface area contributed by atoms with E-state index in [1.54, 1.807) is 0 Å². The van der Waals surface area contributed by atoms with Crippen LogP contribution < -0.4 is 0 Å². The van der Waals surface area contributed by atoms with Crippen molar-refractivity contribution in [2.75, 3.05) is 39.6 Å². The average molecular weight is 1500 g/mol. The van der Waals surface area contributed by atoms with E-state index in [2.05, 4.69) is 161 Å². The predicted molar refractivity (Wildman–Crippen MR) is 427 cm³/mol. The maximum absolute atomic E-state index is 13.1. The van der Waals surface area contributed by atoms with Gasteiger partial charge in [-0.25, -0.2) is 9.13 Å². The molecule has 17 nitrogen and oxygen atoms in total. The number of carbonyl (C=O) groups is 4. The van der Waals surface area contributed by atoms with E-state index in [0.717, 1.165) is 161 Å². The van der Waals surface area contributed by atoms with E-state index in [-0.39, 0.29) is 25.7 Å². The van der Waals surface area contributed by atoms with Crippen molar-refractivity contribution >= 4 is 39.5 Å². The lowest BCUT2D eigenvalue weighted by atomic mass is 10.0. The smallest absolute Gasteiger partial charge is 0.462 e. The quantitative estimate of drug-likeness (QED) is 0.0169. The van der Waals surface area contributed by atoms with E-state index >= 15 is 0 Å². The van der Waals surface area contributed by atoms with Gasteiger partial charge in [0, 0.05) is 25.7 Å². The Kier molecular flexibility index (Phi) is 72.9. The zero-order chi connectivity index (χ0) is 76.0. The number of hydrogen-bond donors (Lipinski definition) is 3. The fourth-order valence-electron chi connectivity index (χ4n) is 10.5. The summed E-state index contributed by atoms with van der Waals surface area (Å²) in [7, 11) is -9.98. The number of rotatable bonds is 75. The second kappa shape index (κ2) is 76.4. The van der Waals surface area contributed by atoms with Gasteiger partial charge in [0.2, 0.25) is 0 Å². The molecule has 0 saturated carbocycles. The molecule has 5 atom stereocenters. The highest BCUT2D eigenvalue weighted by Crippen LogP contribution is 2.45. The highest BCUT2D eigenvalue weighted by Gasteiger charge is 2.30. The Morgan fingerprint density at radius 1 is 0.279 bits per heavy atom. The molecule has 104 heavy (non-hydrogen) atoms. The van der Waals surface area contributed by atoms with Crippen LogP contribution in [0.5, 0.6) is 0 Å². The molecule has 0 spiro atoms. The zero-order valence-corrected chi connectivity index (χ0v) is 66.9. The van der Waals surface area contributed by atoms with Gasteiger partial charge in [0.05, 0.1) is 26.4 Å². The van der Waals surface area contributed by atoms with E-state index in [0.29, 0.717) is 25.7 Å². The molecule has 0 aliphatic carbocycles. The van der Waals surface area contributed by atoms with Crippen LogP contribution in [-0.2, 0) is 65.4 Å². The Hall–Kier alpha value is -4.80. The summed E-state index contributed by atoms with van der Waals surface area (Å²) in [6.07, 6.45) is 85.7. The third-order valence-electron chi connectivity index (χ3n) is 16.6. The monoisotopic (exact) mass is 1500 g/mol. The molecule has 0 aromatic rings. The molecule has 0 saturated heterocycles. The summed E-state index contributed by atoms with van der Waals surface area (Å²) < 4.78 is 68.6. The minimum absolute atomic E-state index is 0.0511. The second-order valence-electron chi connectivity index (χ2n) is 26.6. The number of carbonyl (C=O) groups excluding carboxylic acids is 4. The van der Waals surface area contributed by atoms with Gasteiger partial charge in [-0.2, -0.15) is 0 Å². The fraction of sp³-hybridized carbons (Fsp3) is 0.694. The maximum atomic E-state index is 13.1. The SMILES string of the molecule is CC/C=C\C/C=C\C/C=C\C/C=C\C/C=C\CCCCCC(=O)O[C@H](COC(=O)CCCCCCC/C=C\CCCCCC)COP(=O)(O)OC[C@@H](O)COP(=O)(O)OC[C@@H](COC(=O)CCCCCCCCCCCCCCC)OC(=O)CCCCC/C=C\C/C=C\C/C=C\C/C=C\C/C=C\CC. The van der Waals surface area contributed by atoms with Crippen molar-refractivity contribution in [2.24, 2.45) is 0 Å². The van der Waals surface area contributed by atoms with Gasteiger partial charge < -0.3 is 33.8 Å². The third-order valence-corrected chi connectivity index (χ3v) is 18.5. The van der Waals surface area contributed by atoms with Crippen molar-refractivity contribution in [1.29, 1.82) is 0 Å². The van der Waals surface area contributed by atoms with Crippen molar-refractivity contribution in [3.63, 3.8) is 0 Å². The molecule has 0 aliphatic heterocycles. The Morgan fingerprint density at radius 2 is 0.500 bits per heavy atom. The van der Waals surface area contributed by atoms with Gasteiger partial charge in [-0.1, -0.05) is 290 Å². The lowest BCUT2D eigenvalue weighted by Gasteiger charge is -2.21. The Bertz CT molecular complexity index is 2490. The van der Waals surface area contributed by atoms with Crippen LogP contribution in [0.2, 0.25) is 0 Å². The standard InChI is InChI=1S/C85H144O17P2/c1-5-9-13-17-21-25-29-33-35-37-39-41-43-47-51-55-59-63-67-71-84(89)101-80(75-95-82(87)69-65-61-57-53-49-45-31-27-23-19-15-11-7-3)77-99-103(91,92)97-73-79(86)74-98-104(93,94)100-78-81(76-96-83(88)70-66-62-58-54-50-46-32-28-24-20-16-12-8-4)102-85(90)72-68-64-60-56-52-48-44-42-40-38-36-34-30-26-22-18-14-10-6-2/h9-10,13-14,21-22,25-27,31,33-36,39-42,47-48,51-52,79-81,86H,5-8,11-12,15-20,23-24,28-30,32,37-38,43-46,49-50,53-78H2,1-4H3,(H,91,92)(H,93,94)/b13-9-,14-10-,25-21-,26-22-,31-27-,35-33-,36-34-,41-39-,42-40-,51-47-,52-48-/t79-,80-,81-/m1/s1. The first-order valence-corrected chi connectivity index (χ1v) is 43.4. The molecule has 19 heteroatoms. The Labute approximate surface area is 631 Å². The number of unbranched alkanes of at least 4 members (excludes halogenated alkanes) is 27. The molecule has 0 heterocycles. The summed E-state index contributed by atoms with van der Waals surface area (Å²) >= 11 is 0. The minimum atomic E-state index is -4.99. The van der Waals surface area contributed by atoms with E-state index in [4.69, 9.17) is 37.0 Å². The molecule has 3 N–H and O–H groups in total. The first-order valence-electron chi connectivity index (χ1n) is 40.4. The summed E-state index contributed by atoms with van der Waals surface area (Å²) in [4.78, 5) is 73.0. The number of aliphatic hydroxyl groups excluding tert-OH is 1. The van der Waals surface area contributed by atoms with Gasteiger partial charge in [-0.3, -0.25) is 37.3 Å². The van der Waals surface area contributed by atoms with Crippen LogP contribution in [0.1, 0.15) is 323 Å². The van der Waals surface area contributed by atoms with Gasteiger partial charge in [-0.05, 0) is 141 Å². The summed E-state index contributed by atoms with van der Waals surface area (Å²) in [5, 5.41) is 10.6. The summed E-state index contributed by atoms with van der Waals surface area (Å²) in [6.45, 7) is 4.57. The molecule has 0 radical (unpaired) electrons. The molecule has 0 fully saturated rings. The van der Waals surface area contributed by atoms with Crippen molar-refractivity contribution in [1.82, 2.24) is 0 Å². The van der Waals surface area contributed by atoms with Crippen molar-refractivity contribution < 1.29 is 80.2 Å². The van der Waals surface area contributed by atoms with Gasteiger partial charge in [-0.15, -0.1) is 0 Å². The molecule has 0 rings (SSSR count). The number of phosphoric acid groups is 2. The molecule has 0 bridgehead atoms. The summed E-state index contributed by atoms with van der Waals surface area (Å²) in [5.74, 6) is -2.25. The number of esters is 4. The molecular weight excluding hydrogens is 1350 g/mol. The van der Waals surface area contributed by atoms with Crippen molar-refractivity contribution in [2.45, 2.75) is 341 Å². The largest absolute Gasteiger partial charge is 0.472 e. The normalized spacial score (nSPS) is 14.6. The van der Waals surface area contributed by atoms with E-state index < -0.39 is 97.5 Å². The minimum Gasteiger partial charge on any atom is -0.462 e. The number of hydrogen-bond acceptors (Lipinski definition) is 15. The van der Waals surface area contributed by atoms with Crippen molar-refractivity contribution in [3.05, 3.63) is 134 Å². The molecule has 2 unspecified atom stereocenters. The average Bonchev–Trinajstić information content (AvgIpc) is 0.907. The molecule has 0 aromatic carbocycles. The Morgan fingerprint density at radius 3 is 0.798 bits per heavy atom. The van der Waals surface area contributed by atoms with Gasteiger partial charge in [0.15, 0.2) is 12.2 Å². The number of ether oxygens (including phenoxy) is 4. The predicted octanol–water partition coefficient (Wildman–Crippen LogP) is 23.7.